The van der Waals surface area contributed by atoms with Crippen LogP contribution in [0.15, 0.2) is 29.2 Å². The van der Waals surface area contributed by atoms with Gasteiger partial charge >= 0.3 is 0 Å². The highest BCUT2D eigenvalue weighted by atomic mass is 35.5. The summed E-state index contributed by atoms with van der Waals surface area (Å²) < 4.78 is 27.9. The van der Waals surface area contributed by atoms with Crippen molar-refractivity contribution in [2.45, 2.75) is 19.8 Å². The summed E-state index contributed by atoms with van der Waals surface area (Å²) in [5.41, 5.74) is -0.201. The zero-order chi connectivity index (χ0) is 18.7. The second-order valence-corrected chi connectivity index (χ2v) is 6.72. The van der Waals surface area contributed by atoms with Gasteiger partial charge in [0.15, 0.2) is 5.82 Å². The van der Waals surface area contributed by atoms with E-state index in [-0.39, 0.29) is 10.7 Å². The summed E-state index contributed by atoms with van der Waals surface area (Å²) in [7, 11) is 0. The van der Waals surface area contributed by atoms with Crippen molar-refractivity contribution < 1.29 is 8.78 Å². The van der Waals surface area contributed by atoms with Crippen LogP contribution in [0, 0.1) is 11.6 Å². The van der Waals surface area contributed by atoms with Gasteiger partial charge in [-0.1, -0.05) is 18.5 Å². The SMILES string of the molecule is CCCN1CCCN(c2cnn(-c3ccc(F)cc3F)c(=O)c2Cl)CC1. The highest BCUT2D eigenvalue weighted by Gasteiger charge is 2.20. The maximum absolute atomic E-state index is 14.0. The van der Waals surface area contributed by atoms with Gasteiger partial charge in [-0.15, -0.1) is 0 Å². The molecule has 2 aromatic rings. The minimum atomic E-state index is -0.867. The largest absolute Gasteiger partial charge is 0.368 e. The highest BCUT2D eigenvalue weighted by Crippen LogP contribution is 2.23. The van der Waals surface area contributed by atoms with Crippen LogP contribution in [0.3, 0.4) is 0 Å². The van der Waals surface area contributed by atoms with E-state index >= 15 is 0 Å². The standard InChI is InChI=1S/C18H21ClF2N4O/c1-2-6-23-7-3-8-24(10-9-23)16-12-22-25(18(26)17(16)19)15-5-4-13(20)11-14(15)21/h4-5,11-12H,2-3,6-10H2,1H3. The zero-order valence-corrected chi connectivity index (χ0v) is 15.3. The maximum atomic E-state index is 14.0. The van der Waals surface area contributed by atoms with Crippen LogP contribution in [0.25, 0.3) is 5.69 Å². The highest BCUT2D eigenvalue weighted by molar-refractivity contribution is 6.33. The van der Waals surface area contributed by atoms with Crippen LogP contribution >= 0.6 is 11.6 Å². The summed E-state index contributed by atoms with van der Waals surface area (Å²) in [4.78, 5) is 17.0. The van der Waals surface area contributed by atoms with Gasteiger partial charge in [-0.25, -0.2) is 8.78 Å². The van der Waals surface area contributed by atoms with Crippen LogP contribution in [0.4, 0.5) is 14.5 Å². The molecule has 3 rings (SSSR count). The number of rotatable bonds is 4. The second kappa shape index (κ2) is 8.14. The van der Waals surface area contributed by atoms with E-state index in [1.54, 1.807) is 0 Å². The minimum Gasteiger partial charge on any atom is -0.368 e. The molecule has 140 valence electrons. The fourth-order valence-corrected chi connectivity index (χ4v) is 3.47. The van der Waals surface area contributed by atoms with Gasteiger partial charge in [-0.2, -0.15) is 9.78 Å². The first kappa shape index (κ1) is 18.8. The quantitative estimate of drug-likeness (QED) is 0.815. The number of aromatic nitrogens is 2. The number of hydrogen-bond acceptors (Lipinski definition) is 4. The lowest BCUT2D eigenvalue weighted by atomic mass is 10.3. The summed E-state index contributed by atoms with van der Waals surface area (Å²) >= 11 is 6.29. The molecule has 1 aliphatic heterocycles. The average molecular weight is 383 g/mol. The van der Waals surface area contributed by atoms with Crippen molar-refractivity contribution in [2.75, 3.05) is 37.6 Å². The molecule has 5 nitrogen and oxygen atoms in total. The normalized spacial score (nSPS) is 15.9. The molecule has 26 heavy (non-hydrogen) atoms. The number of hydrogen-bond donors (Lipinski definition) is 0. The predicted molar refractivity (Wildman–Crippen MR) is 98.3 cm³/mol. The Kier molecular flexibility index (Phi) is 5.88. The van der Waals surface area contributed by atoms with Gasteiger partial charge in [0.2, 0.25) is 0 Å². The Labute approximate surface area is 155 Å². The second-order valence-electron chi connectivity index (χ2n) is 6.34. The first-order valence-electron chi connectivity index (χ1n) is 8.72. The Bertz CT molecular complexity index is 842. The molecule has 0 radical (unpaired) electrons. The topological polar surface area (TPSA) is 41.4 Å². The van der Waals surface area contributed by atoms with Crippen molar-refractivity contribution in [3.05, 3.63) is 51.4 Å². The molecule has 0 atom stereocenters. The lowest BCUT2D eigenvalue weighted by Gasteiger charge is -2.24. The number of halogens is 3. The smallest absolute Gasteiger partial charge is 0.292 e. The molecular weight excluding hydrogens is 362 g/mol. The lowest BCUT2D eigenvalue weighted by Crippen LogP contribution is -2.33. The summed E-state index contributed by atoms with van der Waals surface area (Å²) in [6.07, 6.45) is 3.54. The third kappa shape index (κ3) is 3.88. The molecule has 1 aromatic heterocycles. The Morgan fingerprint density at radius 2 is 1.96 bits per heavy atom. The molecule has 0 saturated carbocycles. The van der Waals surface area contributed by atoms with Gasteiger partial charge in [0.25, 0.3) is 5.56 Å². The van der Waals surface area contributed by atoms with E-state index in [1.165, 1.54) is 12.3 Å². The molecule has 0 aliphatic carbocycles. The molecule has 0 bridgehead atoms. The molecular formula is C18H21ClF2N4O. The molecule has 0 spiro atoms. The zero-order valence-electron chi connectivity index (χ0n) is 14.6. The van der Waals surface area contributed by atoms with E-state index in [1.807, 2.05) is 4.90 Å². The number of benzene rings is 1. The molecule has 8 heteroatoms. The van der Waals surface area contributed by atoms with Crippen LogP contribution in [0.5, 0.6) is 0 Å². The molecule has 0 amide bonds. The average Bonchev–Trinajstić information content (AvgIpc) is 2.84. The van der Waals surface area contributed by atoms with E-state index in [9.17, 15) is 13.6 Å². The van der Waals surface area contributed by atoms with Crippen LogP contribution in [0.1, 0.15) is 19.8 Å². The molecule has 1 fully saturated rings. The fraction of sp³-hybridized carbons (Fsp3) is 0.444. The Morgan fingerprint density at radius 1 is 1.15 bits per heavy atom. The van der Waals surface area contributed by atoms with Crippen LogP contribution in [-0.2, 0) is 0 Å². The van der Waals surface area contributed by atoms with E-state index in [4.69, 9.17) is 11.6 Å². The van der Waals surface area contributed by atoms with Gasteiger partial charge in [-0.05, 0) is 38.1 Å². The van der Waals surface area contributed by atoms with Gasteiger partial charge < -0.3 is 9.80 Å². The minimum absolute atomic E-state index is 0.00679. The summed E-state index contributed by atoms with van der Waals surface area (Å²) in [6.45, 7) is 6.61. The molecule has 1 saturated heterocycles. The van der Waals surface area contributed by atoms with Crippen molar-refractivity contribution in [3.63, 3.8) is 0 Å². The molecule has 1 aliphatic rings. The van der Waals surface area contributed by atoms with E-state index < -0.39 is 17.2 Å². The van der Waals surface area contributed by atoms with Crippen molar-refractivity contribution in [1.29, 1.82) is 0 Å². The Balaban J connectivity index is 1.89. The summed E-state index contributed by atoms with van der Waals surface area (Å²) in [5, 5.41) is 4.06. The summed E-state index contributed by atoms with van der Waals surface area (Å²) in [6, 6.07) is 2.96. The van der Waals surface area contributed by atoms with Crippen LogP contribution in [-0.4, -0.2) is 47.4 Å². The third-order valence-electron chi connectivity index (χ3n) is 4.51. The first-order valence-corrected chi connectivity index (χ1v) is 9.09. The monoisotopic (exact) mass is 382 g/mol. The first-order chi connectivity index (χ1) is 12.5. The van der Waals surface area contributed by atoms with Crippen molar-refractivity contribution in [2.24, 2.45) is 0 Å². The van der Waals surface area contributed by atoms with Crippen molar-refractivity contribution in [1.82, 2.24) is 14.7 Å². The lowest BCUT2D eigenvalue weighted by molar-refractivity contribution is 0.294. The van der Waals surface area contributed by atoms with Crippen LogP contribution < -0.4 is 10.5 Å². The Morgan fingerprint density at radius 3 is 2.69 bits per heavy atom. The van der Waals surface area contributed by atoms with Crippen molar-refractivity contribution >= 4 is 17.3 Å². The fourth-order valence-electron chi connectivity index (χ4n) is 3.22. The number of nitrogens with zero attached hydrogens (tertiary/aromatic N) is 4. The third-order valence-corrected chi connectivity index (χ3v) is 4.86. The van der Waals surface area contributed by atoms with Gasteiger partial charge in [0.05, 0.1) is 11.9 Å². The molecule has 1 aromatic carbocycles. The number of anilines is 1. The van der Waals surface area contributed by atoms with E-state index in [0.717, 1.165) is 56.3 Å². The van der Waals surface area contributed by atoms with Crippen LogP contribution in [0.2, 0.25) is 5.02 Å². The summed E-state index contributed by atoms with van der Waals surface area (Å²) in [5.74, 6) is -1.59. The van der Waals surface area contributed by atoms with Gasteiger partial charge in [-0.3, -0.25) is 4.79 Å². The predicted octanol–water partition coefficient (Wildman–Crippen LogP) is 3.09. The molecule has 0 unspecified atom stereocenters. The Hall–Kier alpha value is -1.99. The molecule has 2 heterocycles. The van der Waals surface area contributed by atoms with E-state index in [0.29, 0.717) is 11.8 Å². The van der Waals surface area contributed by atoms with E-state index in [2.05, 4.69) is 16.9 Å². The van der Waals surface area contributed by atoms with Gasteiger partial charge in [0.1, 0.15) is 16.5 Å². The molecule has 0 N–H and O–H groups in total. The maximum Gasteiger partial charge on any atom is 0.292 e. The van der Waals surface area contributed by atoms with Crippen molar-refractivity contribution in [3.8, 4) is 5.69 Å². The van der Waals surface area contributed by atoms with Gasteiger partial charge in [0, 0.05) is 25.7 Å².